The van der Waals surface area contributed by atoms with Gasteiger partial charge in [-0.3, -0.25) is 4.90 Å². The van der Waals surface area contributed by atoms with E-state index in [9.17, 15) is 9.90 Å². The van der Waals surface area contributed by atoms with Gasteiger partial charge in [-0.1, -0.05) is 78.4 Å². The fraction of sp³-hybridized carbons (Fsp3) is 0.345. The first-order chi connectivity index (χ1) is 16.5. The van der Waals surface area contributed by atoms with E-state index in [1.54, 1.807) is 0 Å². The highest BCUT2D eigenvalue weighted by Crippen LogP contribution is 2.45. The third-order valence-corrected chi connectivity index (χ3v) is 7.69. The van der Waals surface area contributed by atoms with Gasteiger partial charge in [0.05, 0.1) is 30.9 Å². The fourth-order valence-corrected chi connectivity index (χ4v) is 6.04. The minimum absolute atomic E-state index is 0.0294. The third-order valence-electron chi connectivity index (χ3n) is 7.69. The number of aryl methyl sites for hydroxylation is 1. The number of hydrogen-bond acceptors (Lipinski definition) is 4. The van der Waals surface area contributed by atoms with Crippen LogP contribution in [0.15, 0.2) is 72.8 Å². The fourth-order valence-electron chi connectivity index (χ4n) is 6.04. The predicted molar refractivity (Wildman–Crippen MR) is 130 cm³/mol. The van der Waals surface area contributed by atoms with Crippen LogP contribution in [0.25, 0.3) is 11.1 Å². The minimum Gasteiger partial charge on any atom is -0.448 e. The van der Waals surface area contributed by atoms with Crippen molar-refractivity contribution < 1.29 is 19.4 Å². The number of nitrogens with zero attached hydrogens (tertiary/aromatic N) is 1. The summed E-state index contributed by atoms with van der Waals surface area (Å²) in [6.45, 7) is 3.16. The molecule has 174 valence electrons. The number of piperidine rings is 1. The van der Waals surface area contributed by atoms with Gasteiger partial charge >= 0.3 is 6.09 Å². The zero-order valence-electron chi connectivity index (χ0n) is 19.3. The van der Waals surface area contributed by atoms with Crippen LogP contribution in [0.2, 0.25) is 0 Å². The molecule has 6 rings (SSSR count). The monoisotopic (exact) mass is 455 g/mol. The van der Waals surface area contributed by atoms with Crippen LogP contribution in [0.1, 0.15) is 41.0 Å². The van der Waals surface area contributed by atoms with Crippen molar-refractivity contribution in [3.63, 3.8) is 0 Å². The maximum absolute atomic E-state index is 13.4. The highest BCUT2D eigenvalue weighted by molar-refractivity contribution is 5.79. The lowest BCUT2D eigenvalue weighted by atomic mass is 9.77. The number of hydrogen-bond donors (Lipinski definition) is 1. The molecule has 2 unspecified atom stereocenters. The number of carbonyl (C=O) groups excluding carboxylic acids is 1. The van der Waals surface area contributed by atoms with E-state index in [2.05, 4.69) is 24.3 Å². The van der Waals surface area contributed by atoms with Crippen molar-refractivity contribution in [3.05, 3.63) is 95.1 Å². The van der Waals surface area contributed by atoms with E-state index in [4.69, 9.17) is 9.47 Å². The van der Waals surface area contributed by atoms with Gasteiger partial charge in [-0.25, -0.2) is 4.79 Å². The summed E-state index contributed by atoms with van der Waals surface area (Å²) in [4.78, 5) is 15.2. The Kier molecular flexibility index (Phi) is 5.19. The average molecular weight is 456 g/mol. The molecular formula is C29H29NO4. The molecule has 0 spiro atoms. The van der Waals surface area contributed by atoms with E-state index in [1.807, 2.05) is 60.4 Å². The van der Waals surface area contributed by atoms with Gasteiger partial charge in [0.1, 0.15) is 6.61 Å². The predicted octanol–water partition coefficient (Wildman–Crippen LogP) is 4.99. The third kappa shape index (κ3) is 3.51. The number of ether oxygens (including phenoxy) is 2. The van der Waals surface area contributed by atoms with Crippen LogP contribution in [-0.4, -0.2) is 48.0 Å². The lowest BCUT2D eigenvalue weighted by Crippen LogP contribution is -2.62. The van der Waals surface area contributed by atoms with Crippen molar-refractivity contribution in [2.75, 3.05) is 19.8 Å². The van der Waals surface area contributed by atoms with Gasteiger partial charge in [0.2, 0.25) is 0 Å². The summed E-state index contributed by atoms with van der Waals surface area (Å²) in [5.74, 6) is 0.0294. The average Bonchev–Trinajstić information content (AvgIpc) is 3.16. The van der Waals surface area contributed by atoms with E-state index in [0.29, 0.717) is 32.7 Å². The highest BCUT2D eigenvalue weighted by atomic mass is 16.6. The Morgan fingerprint density at radius 1 is 0.941 bits per heavy atom. The topological polar surface area (TPSA) is 59.0 Å². The van der Waals surface area contributed by atoms with Crippen molar-refractivity contribution in [1.82, 2.24) is 4.90 Å². The molecule has 1 aliphatic carbocycles. The summed E-state index contributed by atoms with van der Waals surface area (Å²) < 4.78 is 11.7. The molecular weight excluding hydrogens is 426 g/mol. The summed E-state index contributed by atoms with van der Waals surface area (Å²) in [6, 6.07) is 24.3. The second kappa shape index (κ2) is 8.26. The second-order valence-electron chi connectivity index (χ2n) is 9.86. The molecule has 2 atom stereocenters. The van der Waals surface area contributed by atoms with Crippen molar-refractivity contribution in [3.8, 4) is 11.1 Å². The van der Waals surface area contributed by atoms with E-state index in [1.165, 1.54) is 22.3 Å². The molecule has 2 bridgehead atoms. The second-order valence-corrected chi connectivity index (χ2v) is 9.86. The number of carbonyl (C=O) groups is 1. The van der Waals surface area contributed by atoms with Crippen molar-refractivity contribution >= 4 is 6.09 Å². The Bertz CT molecular complexity index is 1160. The van der Waals surface area contributed by atoms with Crippen LogP contribution in [0, 0.1) is 6.92 Å². The summed E-state index contributed by atoms with van der Waals surface area (Å²) >= 11 is 0. The van der Waals surface area contributed by atoms with E-state index < -0.39 is 5.60 Å². The molecule has 3 aromatic carbocycles. The van der Waals surface area contributed by atoms with Crippen LogP contribution >= 0.6 is 0 Å². The van der Waals surface area contributed by atoms with Gasteiger partial charge in [0.25, 0.3) is 0 Å². The Balaban J connectivity index is 1.20. The lowest BCUT2D eigenvalue weighted by Gasteiger charge is -2.51. The largest absolute Gasteiger partial charge is 0.448 e. The van der Waals surface area contributed by atoms with Gasteiger partial charge in [-0.15, -0.1) is 0 Å². The zero-order chi connectivity index (χ0) is 23.3. The van der Waals surface area contributed by atoms with E-state index >= 15 is 0 Å². The Labute approximate surface area is 199 Å². The van der Waals surface area contributed by atoms with Crippen LogP contribution in [-0.2, 0) is 15.1 Å². The first-order valence-corrected chi connectivity index (χ1v) is 12.0. The molecule has 1 N–H and O–H groups in total. The maximum atomic E-state index is 13.4. The standard InChI is InChI=1S/C29H29NO4/c1-19-10-12-20(13-11-19)29(32)14-21-16-33-17-22(15-29)30(21)28(31)34-18-27-25-8-4-2-6-23(25)24-7-3-5-9-26(24)27/h2-13,21-22,27,32H,14-18H2,1H3. The molecule has 34 heavy (non-hydrogen) atoms. The lowest BCUT2D eigenvalue weighted by molar-refractivity contribution is -0.136. The molecule has 0 saturated carbocycles. The first-order valence-electron chi connectivity index (χ1n) is 12.0. The number of amides is 1. The quantitative estimate of drug-likeness (QED) is 0.604. The molecule has 5 nitrogen and oxygen atoms in total. The Morgan fingerprint density at radius 3 is 2.09 bits per heavy atom. The number of aliphatic hydroxyl groups is 1. The molecule has 5 heteroatoms. The van der Waals surface area contributed by atoms with Crippen molar-refractivity contribution in [2.45, 2.75) is 43.4 Å². The molecule has 2 heterocycles. The number of rotatable bonds is 3. The van der Waals surface area contributed by atoms with E-state index in [0.717, 1.165) is 11.1 Å². The van der Waals surface area contributed by atoms with Gasteiger partial charge < -0.3 is 14.6 Å². The number of morpholine rings is 1. The molecule has 2 saturated heterocycles. The first kappa shape index (κ1) is 21.4. The van der Waals surface area contributed by atoms with Crippen LogP contribution in [0.5, 0.6) is 0 Å². The summed E-state index contributed by atoms with van der Waals surface area (Å²) in [6.07, 6.45) is 0.569. The number of fused-ring (bicyclic) bond motifs is 5. The normalized spacial score (nSPS) is 25.5. The molecule has 1 amide bonds. The van der Waals surface area contributed by atoms with Crippen molar-refractivity contribution in [1.29, 1.82) is 0 Å². The molecule has 2 aliphatic heterocycles. The number of benzene rings is 3. The molecule has 2 fully saturated rings. The molecule has 3 aliphatic rings. The highest BCUT2D eigenvalue weighted by Gasteiger charge is 2.49. The Morgan fingerprint density at radius 2 is 1.50 bits per heavy atom. The summed E-state index contributed by atoms with van der Waals surface area (Å²) in [5, 5.41) is 11.5. The minimum atomic E-state index is -0.965. The smallest absolute Gasteiger partial charge is 0.410 e. The van der Waals surface area contributed by atoms with Gasteiger partial charge in [-0.05, 0) is 34.7 Å². The van der Waals surface area contributed by atoms with Gasteiger partial charge in [-0.2, -0.15) is 0 Å². The van der Waals surface area contributed by atoms with Gasteiger partial charge in [0.15, 0.2) is 0 Å². The summed E-state index contributed by atoms with van der Waals surface area (Å²) in [5.41, 5.74) is 5.93. The maximum Gasteiger partial charge on any atom is 0.410 e. The molecule has 0 aromatic heterocycles. The van der Waals surface area contributed by atoms with Crippen LogP contribution in [0.4, 0.5) is 4.79 Å². The SMILES string of the molecule is Cc1ccc(C2(O)CC3COCC(C2)N3C(=O)OCC2c3ccccc3-c3ccccc32)cc1. The van der Waals surface area contributed by atoms with Gasteiger partial charge in [0, 0.05) is 18.8 Å². The zero-order valence-corrected chi connectivity index (χ0v) is 19.3. The van der Waals surface area contributed by atoms with Crippen LogP contribution < -0.4 is 0 Å². The summed E-state index contributed by atoms with van der Waals surface area (Å²) in [7, 11) is 0. The van der Waals surface area contributed by atoms with Crippen molar-refractivity contribution in [2.24, 2.45) is 0 Å². The van der Waals surface area contributed by atoms with E-state index in [-0.39, 0.29) is 24.1 Å². The molecule has 0 radical (unpaired) electrons. The molecule has 3 aromatic rings. The Hall–Kier alpha value is -3.15. The van der Waals surface area contributed by atoms with Crippen LogP contribution in [0.3, 0.4) is 0 Å².